The second-order valence-corrected chi connectivity index (χ2v) is 6.52. The molecule has 0 aromatic heterocycles. The molecule has 0 saturated carbocycles. The molecule has 0 unspecified atom stereocenters. The number of hydrogen-bond donors (Lipinski definition) is 1. The average molecular weight is 263 g/mol. The first-order chi connectivity index (χ1) is 8.83. The highest BCUT2D eigenvalue weighted by Gasteiger charge is 2.16. The summed E-state index contributed by atoms with van der Waals surface area (Å²) in [5, 5.41) is 3.62. The number of methoxy groups -OCH3 is 1. The Morgan fingerprint density at radius 2 is 1.74 bits per heavy atom. The van der Waals surface area contributed by atoms with Gasteiger partial charge in [-0.15, -0.1) is 0 Å². The Labute approximate surface area is 118 Å². The van der Waals surface area contributed by atoms with Crippen molar-refractivity contribution >= 4 is 0 Å². The summed E-state index contributed by atoms with van der Waals surface area (Å²) in [4.78, 5) is 0. The van der Waals surface area contributed by atoms with E-state index in [0.29, 0.717) is 12.0 Å². The summed E-state index contributed by atoms with van der Waals surface area (Å²) in [7, 11) is 1.75. The number of nitrogens with one attached hydrogen (secondary N) is 1. The Kier molecular flexibility index (Phi) is 5.86. The van der Waals surface area contributed by atoms with E-state index in [1.54, 1.807) is 7.11 Å². The third-order valence-corrected chi connectivity index (χ3v) is 3.38. The van der Waals surface area contributed by atoms with Crippen LogP contribution in [0.1, 0.15) is 58.9 Å². The molecule has 1 N–H and O–H groups in total. The Morgan fingerprint density at radius 1 is 1.11 bits per heavy atom. The second-order valence-electron chi connectivity index (χ2n) is 6.52. The van der Waals surface area contributed by atoms with E-state index < -0.39 is 0 Å². The molecule has 0 radical (unpaired) electrons. The van der Waals surface area contributed by atoms with Crippen molar-refractivity contribution in [2.75, 3.05) is 7.11 Å². The van der Waals surface area contributed by atoms with Crippen molar-refractivity contribution in [1.29, 1.82) is 0 Å². The van der Waals surface area contributed by atoms with Gasteiger partial charge < -0.3 is 10.1 Å². The van der Waals surface area contributed by atoms with Crippen LogP contribution in [0.4, 0.5) is 0 Å². The highest BCUT2D eigenvalue weighted by atomic mass is 16.5. The van der Waals surface area contributed by atoms with Gasteiger partial charge in [-0.3, -0.25) is 0 Å². The smallest absolute Gasteiger partial charge is 0.122 e. The minimum Gasteiger partial charge on any atom is -0.496 e. The van der Waals surface area contributed by atoms with Gasteiger partial charge in [-0.05, 0) is 58.1 Å². The van der Waals surface area contributed by atoms with Gasteiger partial charge in [-0.1, -0.05) is 25.1 Å². The van der Waals surface area contributed by atoms with Crippen LogP contribution in [0.5, 0.6) is 5.75 Å². The maximum absolute atomic E-state index is 5.44. The number of benzene rings is 1. The van der Waals surface area contributed by atoms with Gasteiger partial charge in [0.25, 0.3) is 0 Å². The zero-order chi connectivity index (χ0) is 14.5. The maximum atomic E-state index is 5.44. The van der Waals surface area contributed by atoms with E-state index in [-0.39, 0.29) is 5.54 Å². The Hall–Kier alpha value is -1.02. The van der Waals surface area contributed by atoms with E-state index in [0.717, 1.165) is 5.75 Å². The molecule has 0 bridgehead atoms. The molecule has 0 heterocycles. The normalized spacial score (nSPS) is 15.1. The molecule has 1 rings (SSSR count). The van der Waals surface area contributed by atoms with E-state index in [1.165, 1.54) is 18.4 Å². The van der Waals surface area contributed by atoms with Crippen LogP contribution >= 0.6 is 0 Å². The van der Waals surface area contributed by atoms with Gasteiger partial charge in [-0.25, -0.2) is 0 Å². The second kappa shape index (κ2) is 6.95. The van der Waals surface area contributed by atoms with Gasteiger partial charge in [0.15, 0.2) is 0 Å². The van der Waals surface area contributed by atoms with Gasteiger partial charge in [0.1, 0.15) is 5.75 Å². The molecule has 0 aliphatic carbocycles. The maximum Gasteiger partial charge on any atom is 0.122 e. The van der Waals surface area contributed by atoms with Crippen molar-refractivity contribution < 1.29 is 4.74 Å². The summed E-state index contributed by atoms with van der Waals surface area (Å²) < 4.78 is 5.44. The van der Waals surface area contributed by atoms with E-state index in [1.807, 2.05) is 12.1 Å². The zero-order valence-corrected chi connectivity index (χ0v) is 13.3. The molecular formula is C17H29NO. The molecule has 108 valence electrons. The average Bonchev–Trinajstić information content (AvgIpc) is 2.33. The predicted octanol–water partition coefficient (Wildman–Crippen LogP) is 4.36. The molecule has 1 aromatic rings. The Morgan fingerprint density at radius 3 is 2.32 bits per heavy atom. The van der Waals surface area contributed by atoms with Crippen molar-refractivity contribution in [1.82, 2.24) is 5.32 Å². The van der Waals surface area contributed by atoms with Gasteiger partial charge in [0.05, 0.1) is 7.11 Å². The van der Waals surface area contributed by atoms with Crippen molar-refractivity contribution in [3.63, 3.8) is 0 Å². The molecule has 0 aliphatic rings. The van der Waals surface area contributed by atoms with Gasteiger partial charge >= 0.3 is 0 Å². The minimum absolute atomic E-state index is 0.188. The van der Waals surface area contributed by atoms with Gasteiger partial charge in [0.2, 0.25) is 0 Å². The lowest BCUT2D eigenvalue weighted by Crippen LogP contribution is -2.42. The molecule has 0 spiro atoms. The van der Waals surface area contributed by atoms with E-state index in [2.05, 4.69) is 52.1 Å². The van der Waals surface area contributed by atoms with Crippen molar-refractivity contribution in [3.8, 4) is 5.75 Å². The lowest BCUT2D eigenvalue weighted by molar-refractivity contribution is 0.349. The van der Waals surface area contributed by atoms with Gasteiger partial charge in [-0.2, -0.15) is 0 Å². The molecule has 2 nitrogen and oxygen atoms in total. The molecule has 19 heavy (non-hydrogen) atoms. The highest BCUT2D eigenvalue weighted by molar-refractivity contribution is 5.35. The van der Waals surface area contributed by atoms with Crippen LogP contribution in [-0.2, 0) is 0 Å². The van der Waals surface area contributed by atoms with Crippen LogP contribution in [0.15, 0.2) is 24.3 Å². The standard InChI is InChI=1S/C17H29NO/c1-13(11-12-14(2)18-17(3,4)5)15-9-7-8-10-16(15)19-6/h7-10,13-14,18H,11-12H2,1-6H3/t13-,14+/m1/s1. The number of ether oxygens (including phenoxy) is 1. The summed E-state index contributed by atoms with van der Waals surface area (Å²) >= 11 is 0. The SMILES string of the molecule is COc1ccccc1[C@H](C)CC[C@H](C)NC(C)(C)C. The van der Waals surface area contributed by atoms with Crippen molar-refractivity contribution in [2.24, 2.45) is 0 Å². The first-order valence-electron chi connectivity index (χ1n) is 7.24. The largest absolute Gasteiger partial charge is 0.496 e. The fourth-order valence-electron chi connectivity index (χ4n) is 2.54. The van der Waals surface area contributed by atoms with E-state index in [4.69, 9.17) is 4.74 Å². The molecule has 0 aliphatic heterocycles. The summed E-state index contributed by atoms with van der Waals surface area (Å²) in [5.74, 6) is 1.53. The summed E-state index contributed by atoms with van der Waals surface area (Å²) in [5.41, 5.74) is 1.50. The minimum atomic E-state index is 0.188. The van der Waals surface area contributed by atoms with Crippen LogP contribution < -0.4 is 10.1 Å². The fourth-order valence-corrected chi connectivity index (χ4v) is 2.54. The third-order valence-electron chi connectivity index (χ3n) is 3.38. The predicted molar refractivity (Wildman–Crippen MR) is 83.0 cm³/mol. The topological polar surface area (TPSA) is 21.3 Å². The molecule has 0 saturated heterocycles. The molecule has 2 atom stereocenters. The Balaban J connectivity index is 2.53. The highest BCUT2D eigenvalue weighted by Crippen LogP contribution is 2.29. The lowest BCUT2D eigenvalue weighted by atomic mass is 9.93. The molecule has 0 fully saturated rings. The third kappa shape index (κ3) is 5.65. The number of hydrogen-bond acceptors (Lipinski definition) is 2. The monoisotopic (exact) mass is 263 g/mol. The van der Waals surface area contributed by atoms with Gasteiger partial charge in [0, 0.05) is 11.6 Å². The summed E-state index contributed by atoms with van der Waals surface area (Å²) in [6, 6.07) is 8.87. The number of rotatable bonds is 6. The lowest BCUT2D eigenvalue weighted by Gasteiger charge is -2.27. The van der Waals surface area contributed by atoms with E-state index >= 15 is 0 Å². The molecule has 2 heteroatoms. The van der Waals surface area contributed by atoms with Crippen LogP contribution in [-0.4, -0.2) is 18.7 Å². The van der Waals surface area contributed by atoms with E-state index in [9.17, 15) is 0 Å². The van der Waals surface area contributed by atoms with Crippen LogP contribution in [0.25, 0.3) is 0 Å². The first-order valence-corrected chi connectivity index (χ1v) is 7.24. The Bertz CT molecular complexity index is 381. The summed E-state index contributed by atoms with van der Waals surface area (Å²) in [6.45, 7) is 11.2. The molecule has 0 amide bonds. The molecular weight excluding hydrogens is 234 g/mol. The molecule has 1 aromatic carbocycles. The summed E-state index contributed by atoms with van der Waals surface area (Å²) in [6.07, 6.45) is 2.35. The first kappa shape index (κ1) is 16.0. The number of para-hydroxylation sites is 1. The quantitative estimate of drug-likeness (QED) is 0.823. The van der Waals surface area contributed by atoms with Crippen LogP contribution in [0.3, 0.4) is 0 Å². The van der Waals surface area contributed by atoms with Crippen LogP contribution in [0, 0.1) is 0 Å². The van der Waals surface area contributed by atoms with Crippen LogP contribution in [0.2, 0.25) is 0 Å². The van der Waals surface area contributed by atoms with Crippen molar-refractivity contribution in [3.05, 3.63) is 29.8 Å². The zero-order valence-electron chi connectivity index (χ0n) is 13.3. The fraction of sp³-hybridized carbons (Fsp3) is 0.647. The van der Waals surface area contributed by atoms with Crippen molar-refractivity contribution in [2.45, 2.75) is 65.0 Å².